The highest BCUT2D eigenvalue weighted by molar-refractivity contribution is 7.91. The summed E-state index contributed by atoms with van der Waals surface area (Å²) >= 11 is -2.59. The Bertz CT molecular complexity index is 787. The second-order valence-electron chi connectivity index (χ2n) is 4.88. The van der Waals surface area contributed by atoms with E-state index in [0.717, 1.165) is 6.07 Å². The molecule has 0 spiro atoms. The van der Waals surface area contributed by atoms with Crippen molar-refractivity contribution in [3.63, 3.8) is 0 Å². The number of aromatic nitrogens is 3. The molecule has 0 unspecified atom stereocenters. The number of nitrogens with two attached hydrogens (primary N) is 1. The minimum absolute atomic E-state index is 0.0708. The number of anilines is 1. The standard InChI is InChI=1S/C12H9F7N4OS/c1-5-2-6(13)7(3-8(5)25(24)4-11(14,15)16)23-10(20)21-9(22-23)12(17,18)19/h2-3H,4H2,1H3,(H2,20,21,22)/t25-/m1/s1. The van der Waals surface area contributed by atoms with Gasteiger partial charge in [-0.2, -0.15) is 36.0 Å². The molecule has 1 atom stereocenters. The van der Waals surface area contributed by atoms with E-state index >= 15 is 0 Å². The first-order valence-corrected chi connectivity index (χ1v) is 7.67. The van der Waals surface area contributed by atoms with Gasteiger partial charge < -0.3 is 10.3 Å². The summed E-state index contributed by atoms with van der Waals surface area (Å²) in [7, 11) is 0. The lowest BCUT2D eigenvalue weighted by molar-refractivity contribution is -0.144. The Morgan fingerprint density at radius 2 is 1.80 bits per heavy atom. The van der Waals surface area contributed by atoms with Gasteiger partial charge in [0.15, 0.2) is 4.90 Å². The predicted molar refractivity (Wildman–Crippen MR) is 72.8 cm³/mol. The van der Waals surface area contributed by atoms with E-state index in [1.807, 2.05) is 0 Å². The average molecular weight is 390 g/mol. The van der Waals surface area contributed by atoms with Crippen LogP contribution in [0, 0.1) is 12.7 Å². The molecule has 1 aromatic heterocycles. The number of hydrogen-bond donors (Lipinski definition) is 1. The van der Waals surface area contributed by atoms with Crippen molar-refractivity contribution in [2.24, 2.45) is 0 Å². The van der Waals surface area contributed by atoms with Crippen LogP contribution < -0.4 is 5.73 Å². The third-order valence-corrected chi connectivity index (χ3v) is 4.42. The van der Waals surface area contributed by atoms with Crippen LogP contribution in [0.25, 0.3) is 5.69 Å². The van der Waals surface area contributed by atoms with E-state index < -0.39 is 57.5 Å². The van der Waals surface area contributed by atoms with Gasteiger partial charge in [-0.15, -0.1) is 5.10 Å². The molecule has 25 heavy (non-hydrogen) atoms. The van der Waals surface area contributed by atoms with Crippen molar-refractivity contribution in [3.05, 3.63) is 29.3 Å². The molecule has 2 N–H and O–H groups in total. The zero-order valence-electron chi connectivity index (χ0n) is 12.2. The van der Waals surface area contributed by atoms with Crippen molar-refractivity contribution in [3.8, 4) is 5.69 Å². The number of nitrogens with zero attached hydrogens (tertiary/aromatic N) is 3. The van der Waals surface area contributed by atoms with Gasteiger partial charge in [-0.25, -0.2) is 4.39 Å². The quantitative estimate of drug-likeness (QED) is 0.646. The fourth-order valence-corrected chi connectivity index (χ4v) is 3.01. The van der Waals surface area contributed by atoms with E-state index in [0.29, 0.717) is 6.07 Å². The molecule has 0 radical (unpaired) electrons. The molecule has 0 bridgehead atoms. The van der Waals surface area contributed by atoms with E-state index in [-0.39, 0.29) is 10.2 Å². The van der Waals surface area contributed by atoms with Crippen molar-refractivity contribution in [1.29, 1.82) is 0 Å². The van der Waals surface area contributed by atoms with Crippen LogP contribution in [0.2, 0.25) is 0 Å². The van der Waals surface area contributed by atoms with E-state index in [9.17, 15) is 35.3 Å². The van der Waals surface area contributed by atoms with Crippen LogP contribution in [0.15, 0.2) is 17.0 Å². The molecule has 0 aliphatic heterocycles. The fourth-order valence-electron chi connectivity index (χ4n) is 1.90. The van der Waals surface area contributed by atoms with Crippen LogP contribution in [0.1, 0.15) is 11.4 Å². The fraction of sp³-hybridized carbons (Fsp3) is 0.333. The minimum Gasteiger partial charge on any atom is -0.611 e. The van der Waals surface area contributed by atoms with Crippen LogP contribution in [0.3, 0.4) is 0 Å². The minimum atomic E-state index is -4.96. The topological polar surface area (TPSA) is 79.8 Å². The molecular weight excluding hydrogens is 381 g/mol. The Labute approximate surface area is 138 Å². The number of hydrogen-bond acceptors (Lipinski definition) is 4. The van der Waals surface area contributed by atoms with Crippen LogP contribution in [-0.2, 0) is 17.4 Å². The van der Waals surface area contributed by atoms with Crippen molar-refractivity contribution in [2.45, 2.75) is 24.2 Å². The molecule has 0 saturated heterocycles. The van der Waals surface area contributed by atoms with Gasteiger partial charge in [0.2, 0.25) is 11.7 Å². The van der Waals surface area contributed by atoms with Crippen LogP contribution in [0.4, 0.5) is 36.7 Å². The number of alkyl halides is 6. The zero-order valence-corrected chi connectivity index (χ0v) is 13.1. The normalized spacial score (nSPS) is 14.0. The second-order valence-corrected chi connectivity index (χ2v) is 6.30. The van der Waals surface area contributed by atoms with Gasteiger partial charge in [0.05, 0.1) is 0 Å². The first-order chi connectivity index (χ1) is 11.3. The van der Waals surface area contributed by atoms with Gasteiger partial charge in [-0.05, 0) is 24.2 Å². The van der Waals surface area contributed by atoms with Gasteiger partial charge in [-0.3, -0.25) is 0 Å². The lowest BCUT2D eigenvalue weighted by Gasteiger charge is -2.16. The third-order valence-electron chi connectivity index (χ3n) is 2.90. The molecule has 0 saturated carbocycles. The number of benzene rings is 1. The summed E-state index contributed by atoms with van der Waals surface area (Å²) in [4.78, 5) is 2.53. The highest BCUT2D eigenvalue weighted by Crippen LogP contribution is 2.31. The average Bonchev–Trinajstić information content (AvgIpc) is 2.78. The molecule has 2 aromatic rings. The summed E-state index contributed by atoms with van der Waals surface area (Å²) in [5, 5.41) is 3.01. The van der Waals surface area contributed by atoms with Crippen LogP contribution in [0.5, 0.6) is 0 Å². The molecule has 138 valence electrons. The monoisotopic (exact) mass is 390 g/mol. The summed E-state index contributed by atoms with van der Waals surface area (Å²) in [5.41, 5.74) is 4.50. The van der Waals surface area contributed by atoms with Crippen LogP contribution in [-0.4, -0.2) is 31.2 Å². The van der Waals surface area contributed by atoms with E-state index in [2.05, 4.69) is 10.1 Å². The van der Waals surface area contributed by atoms with Crippen molar-refractivity contribution >= 4 is 17.1 Å². The molecule has 2 rings (SSSR count). The van der Waals surface area contributed by atoms with Gasteiger partial charge >= 0.3 is 12.4 Å². The summed E-state index contributed by atoms with van der Waals surface area (Å²) in [6.45, 7) is 1.21. The van der Waals surface area contributed by atoms with Gasteiger partial charge in [0.25, 0.3) is 5.82 Å². The second kappa shape index (κ2) is 6.37. The maximum absolute atomic E-state index is 14.1. The summed E-state index contributed by atoms with van der Waals surface area (Å²) in [6, 6.07) is 1.44. The Kier molecular flexibility index (Phi) is 4.92. The lowest BCUT2D eigenvalue weighted by Crippen LogP contribution is -2.24. The molecular formula is C12H9F7N4OS. The Morgan fingerprint density at radius 1 is 1.20 bits per heavy atom. The van der Waals surface area contributed by atoms with Crippen LogP contribution >= 0.6 is 0 Å². The van der Waals surface area contributed by atoms with Gasteiger partial charge in [0, 0.05) is 11.6 Å². The third kappa shape index (κ3) is 4.34. The Hall–Kier alpha value is -2.02. The van der Waals surface area contributed by atoms with E-state index in [1.54, 1.807) is 0 Å². The predicted octanol–water partition coefficient (Wildman–Crippen LogP) is 2.99. The number of halogens is 7. The molecule has 0 amide bonds. The number of nitrogen functional groups attached to an aromatic ring is 1. The van der Waals surface area contributed by atoms with Crippen molar-refractivity contribution in [2.75, 3.05) is 11.5 Å². The Morgan fingerprint density at radius 3 is 2.28 bits per heavy atom. The smallest absolute Gasteiger partial charge is 0.453 e. The maximum atomic E-state index is 14.1. The maximum Gasteiger partial charge on any atom is 0.453 e. The van der Waals surface area contributed by atoms with Gasteiger partial charge in [-0.1, -0.05) is 0 Å². The first-order valence-electron chi connectivity index (χ1n) is 6.35. The summed E-state index contributed by atoms with van der Waals surface area (Å²) in [6.07, 6.45) is -9.70. The molecule has 1 aromatic carbocycles. The highest BCUT2D eigenvalue weighted by Gasteiger charge is 2.38. The zero-order chi connectivity index (χ0) is 19.2. The Balaban J connectivity index is 2.53. The highest BCUT2D eigenvalue weighted by atomic mass is 32.2. The van der Waals surface area contributed by atoms with E-state index in [4.69, 9.17) is 5.73 Å². The summed E-state index contributed by atoms with van der Waals surface area (Å²) < 4.78 is 101. The van der Waals surface area contributed by atoms with Crippen molar-refractivity contribution in [1.82, 2.24) is 14.8 Å². The molecule has 13 heteroatoms. The lowest BCUT2D eigenvalue weighted by atomic mass is 10.2. The first kappa shape index (κ1) is 19.3. The van der Waals surface area contributed by atoms with Gasteiger partial charge in [0.1, 0.15) is 11.5 Å². The SMILES string of the molecule is Cc1cc(F)c(-n2nc(C(F)(F)F)nc2N)cc1[S@+]([O-])CC(F)(F)F. The summed E-state index contributed by atoms with van der Waals surface area (Å²) in [5.74, 6) is -5.29. The molecule has 0 aliphatic carbocycles. The number of aryl methyl sites for hydroxylation is 1. The molecule has 1 heterocycles. The van der Waals surface area contributed by atoms with Crippen molar-refractivity contribution < 1.29 is 35.3 Å². The molecule has 0 aliphatic rings. The molecule has 5 nitrogen and oxygen atoms in total. The molecule has 0 fully saturated rings. The van der Waals surface area contributed by atoms with E-state index in [1.165, 1.54) is 6.92 Å². The largest absolute Gasteiger partial charge is 0.611 e. The number of rotatable bonds is 3.